The number of benzene rings is 2. The number of hydrogen-bond acceptors (Lipinski definition) is 2. The molecule has 1 aromatic heterocycles. The normalized spacial score (nSPS) is 19.4. The lowest BCUT2D eigenvalue weighted by atomic mass is 9.83. The molecule has 4 rings (SSSR count). The molecule has 1 N–H and O–H groups in total. The second-order valence-electron chi connectivity index (χ2n) is 7.09. The van der Waals surface area contributed by atoms with Gasteiger partial charge in [-0.25, -0.2) is 4.39 Å². The van der Waals surface area contributed by atoms with Crippen LogP contribution in [0.4, 0.5) is 4.39 Å². The fourth-order valence-corrected chi connectivity index (χ4v) is 3.78. The van der Waals surface area contributed by atoms with Crippen LogP contribution in [0.3, 0.4) is 0 Å². The second kappa shape index (κ2) is 5.08. The van der Waals surface area contributed by atoms with Crippen molar-refractivity contribution in [3.8, 4) is 11.4 Å². The van der Waals surface area contributed by atoms with Crippen molar-refractivity contribution >= 4 is 10.9 Å². The van der Waals surface area contributed by atoms with Crippen LogP contribution in [0.5, 0.6) is 5.75 Å². The van der Waals surface area contributed by atoms with Gasteiger partial charge in [-0.15, -0.1) is 0 Å². The van der Waals surface area contributed by atoms with Crippen molar-refractivity contribution in [2.24, 2.45) is 0 Å². The van der Waals surface area contributed by atoms with Crippen LogP contribution in [0.15, 0.2) is 42.5 Å². The van der Waals surface area contributed by atoms with Gasteiger partial charge in [0, 0.05) is 27.7 Å². The van der Waals surface area contributed by atoms with E-state index in [4.69, 9.17) is 4.74 Å². The summed E-state index contributed by atoms with van der Waals surface area (Å²) in [5.74, 6) is -0.0479. The fourth-order valence-electron chi connectivity index (χ4n) is 3.78. The zero-order valence-corrected chi connectivity index (χ0v) is 14.0. The van der Waals surface area contributed by atoms with Crippen LogP contribution < -0.4 is 0 Å². The smallest absolute Gasteiger partial charge is 0.125 e. The molecule has 3 nitrogen and oxygen atoms in total. The average molecular weight is 325 g/mol. The molecule has 0 amide bonds. The van der Waals surface area contributed by atoms with Gasteiger partial charge >= 0.3 is 0 Å². The van der Waals surface area contributed by atoms with E-state index in [0.717, 1.165) is 27.8 Å². The van der Waals surface area contributed by atoms with E-state index in [-0.39, 0.29) is 23.1 Å². The monoisotopic (exact) mass is 325 g/mol. The summed E-state index contributed by atoms with van der Waals surface area (Å²) < 4.78 is 21.9. The summed E-state index contributed by atoms with van der Waals surface area (Å²) in [6.07, 6.45) is -0.126. The van der Waals surface area contributed by atoms with Gasteiger partial charge in [0.25, 0.3) is 0 Å². The van der Waals surface area contributed by atoms with Crippen molar-refractivity contribution in [1.82, 2.24) is 4.57 Å². The van der Waals surface area contributed by atoms with Crippen LogP contribution >= 0.6 is 0 Å². The summed E-state index contributed by atoms with van der Waals surface area (Å²) in [5, 5.41) is 11.3. The van der Waals surface area contributed by atoms with Gasteiger partial charge in [0.2, 0.25) is 0 Å². The summed E-state index contributed by atoms with van der Waals surface area (Å²) >= 11 is 0. The molecule has 1 aliphatic heterocycles. The Bertz CT molecular complexity index is 942. The largest absolute Gasteiger partial charge is 0.507 e. The van der Waals surface area contributed by atoms with E-state index in [0.29, 0.717) is 6.61 Å². The molecule has 0 radical (unpaired) electrons. The van der Waals surface area contributed by atoms with E-state index < -0.39 is 0 Å². The van der Waals surface area contributed by atoms with Crippen LogP contribution in [0.25, 0.3) is 16.6 Å². The number of phenolic OH excluding ortho intramolecular Hbond substituents is 1. The molecule has 4 heteroatoms. The Morgan fingerprint density at radius 2 is 1.96 bits per heavy atom. The lowest BCUT2D eigenvalue weighted by molar-refractivity contribution is 0.0168. The summed E-state index contributed by atoms with van der Waals surface area (Å²) in [6, 6.07) is 12.0. The molecular formula is C20H20FNO2. The molecule has 3 aromatic rings. The molecule has 0 fully saturated rings. The summed E-state index contributed by atoms with van der Waals surface area (Å²) in [6.45, 7) is 6.80. The highest BCUT2D eigenvalue weighted by atomic mass is 19.1. The number of hydrogen-bond donors (Lipinski definition) is 1. The lowest BCUT2D eigenvalue weighted by Gasteiger charge is -2.35. The maximum atomic E-state index is 13.9. The Balaban J connectivity index is 2.19. The van der Waals surface area contributed by atoms with E-state index in [1.54, 1.807) is 12.1 Å². The van der Waals surface area contributed by atoms with Crippen molar-refractivity contribution in [1.29, 1.82) is 0 Å². The number of halogens is 1. The number of rotatable bonds is 1. The summed E-state index contributed by atoms with van der Waals surface area (Å²) in [5.41, 5.74) is 3.44. The molecule has 2 heterocycles. The van der Waals surface area contributed by atoms with Gasteiger partial charge in [-0.05, 0) is 37.3 Å². The van der Waals surface area contributed by atoms with E-state index in [2.05, 4.69) is 18.4 Å². The van der Waals surface area contributed by atoms with E-state index >= 15 is 0 Å². The van der Waals surface area contributed by atoms with Gasteiger partial charge in [0.15, 0.2) is 0 Å². The van der Waals surface area contributed by atoms with E-state index in [9.17, 15) is 9.50 Å². The molecule has 0 aliphatic carbocycles. The number of fused-ring (bicyclic) bond motifs is 3. The molecule has 24 heavy (non-hydrogen) atoms. The number of nitrogens with zero attached hydrogens (tertiary/aromatic N) is 1. The third-order valence-electron chi connectivity index (χ3n) is 4.82. The molecule has 0 saturated heterocycles. The zero-order valence-electron chi connectivity index (χ0n) is 14.0. The Labute approximate surface area is 140 Å². The first-order valence-electron chi connectivity index (χ1n) is 8.14. The summed E-state index contributed by atoms with van der Waals surface area (Å²) in [4.78, 5) is 0. The van der Waals surface area contributed by atoms with Gasteiger partial charge in [0.1, 0.15) is 11.6 Å². The SMILES string of the molecule is CC1OCC(C)(C)c2c1c1c(O)cccc1n2-c1cccc(F)c1. The highest BCUT2D eigenvalue weighted by Crippen LogP contribution is 2.47. The van der Waals surface area contributed by atoms with Crippen LogP contribution in [0, 0.1) is 5.82 Å². The predicted molar refractivity (Wildman–Crippen MR) is 92.3 cm³/mol. The maximum Gasteiger partial charge on any atom is 0.125 e. The van der Waals surface area contributed by atoms with E-state index in [1.165, 1.54) is 12.1 Å². The Kier molecular flexibility index (Phi) is 3.22. The van der Waals surface area contributed by atoms with Crippen molar-refractivity contribution in [3.05, 3.63) is 59.5 Å². The van der Waals surface area contributed by atoms with Gasteiger partial charge in [0.05, 0.1) is 18.2 Å². The van der Waals surface area contributed by atoms with Crippen LogP contribution in [-0.4, -0.2) is 16.3 Å². The number of phenols is 1. The van der Waals surface area contributed by atoms with Crippen molar-refractivity contribution in [2.45, 2.75) is 32.3 Å². The first kappa shape index (κ1) is 15.2. The molecule has 1 atom stereocenters. The number of aromatic hydroxyl groups is 1. The van der Waals surface area contributed by atoms with Crippen LogP contribution in [0.1, 0.15) is 38.1 Å². The Morgan fingerprint density at radius 3 is 2.71 bits per heavy atom. The molecule has 1 aliphatic rings. The Morgan fingerprint density at radius 1 is 1.21 bits per heavy atom. The van der Waals surface area contributed by atoms with Gasteiger partial charge in [-0.3, -0.25) is 0 Å². The molecule has 0 bridgehead atoms. The minimum atomic E-state index is -0.277. The topological polar surface area (TPSA) is 34.4 Å². The van der Waals surface area contributed by atoms with Crippen LogP contribution in [-0.2, 0) is 10.2 Å². The standard InChI is InChI=1S/C20H20FNO2/c1-12-17-18-15(8-5-9-16(18)23)22(14-7-4-6-13(21)10-14)19(17)20(2,3)11-24-12/h4-10,12,23H,11H2,1-3H3. The zero-order chi connectivity index (χ0) is 17.1. The minimum Gasteiger partial charge on any atom is -0.507 e. The van der Waals surface area contributed by atoms with Crippen molar-refractivity contribution in [2.75, 3.05) is 6.61 Å². The molecule has 0 saturated carbocycles. The lowest BCUT2D eigenvalue weighted by Crippen LogP contribution is -2.33. The second-order valence-corrected chi connectivity index (χ2v) is 7.09. The molecule has 1 unspecified atom stereocenters. The third kappa shape index (κ3) is 2.06. The molecular weight excluding hydrogens is 305 g/mol. The number of ether oxygens (including phenoxy) is 1. The first-order chi connectivity index (χ1) is 11.4. The van der Waals surface area contributed by atoms with Crippen molar-refractivity contribution < 1.29 is 14.2 Å². The predicted octanol–water partition coefficient (Wildman–Crippen LogP) is 4.84. The molecule has 2 aromatic carbocycles. The highest BCUT2D eigenvalue weighted by Gasteiger charge is 2.38. The summed E-state index contributed by atoms with van der Waals surface area (Å²) in [7, 11) is 0. The average Bonchev–Trinajstić information content (AvgIpc) is 2.90. The van der Waals surface area contributed by atoms with Crippen molar-refractivity contribution in [3.63, 3.8) is 0 Å². The van der Waals surface area contributed by atoms with Gasteiger partial charge in [-0.2, -0.15) is 0 Å². The van der Waals surface area contributed by atoms with Crippen LogP contribution in [0.2, 0.25) is 0 Å². The minimum absolute atomic E-state index is 0.126. The molecule has 124 valence electrons. The maximum absolute atomic E-state index is 13.9. The fraction of sp³-hybridized carbons (Fsp3) is 0.300. The molecule has 0 spiro atoms. The quantitative estimate of drug-likeness (QED) is 0.694. The third-order valence-corrected chi connectivity index (χ3v) is 4.82. The van der Waals surface area contributed by atoms with Gasteiger partial charge in [-0.1, -0.05) is 26.0 Å². The Hall–Kier alpha value is -2.33. The highest BCUT2D eigenvalue weighted by molar-refractivity contribution is 5.93. The van der Waals surface area contributed by atoms with E-state index in [1.807, 2.05) is 25.1 Å². The number of aromatic nitrogens is 1. The first-order valence-corrected chi connectivity index (χ1v) is 8.14. The van der Waals surface area contributed by atoms with Gasteiger partial charge < -0.3 is 14.4 Å².